The molecule has 2 amide bonds. The van der Waals surface area contributed by atoms with Gasteiger partial charge in [-0.25, -0.2) is 23.1 Å². The van der Waals surface area contributed by atoms with Gasteiger partial charge in [0.2, 0.25) is 5.95 Å². The van der Waals surface area contributed by atoms with Crippen LogP contribution in [-0.4, -0.2) is 35.1 Å². The molecule has 0 fully saturated rings. The summed E-state index contributed by atoms with van der Waals surface area (Å²) in [7, 11) is -3.97. The van der Waals surface area contributed by atoms with Gasteiger partial charge < -0.3 is 10.6 Å². The maximum Gasteiger partial charge on any atom is 0.314 e. The molecule has 2 aromatic carbocycles. The summed E-state index contributed by atoms with van der Waals surface area (Å²) in [4.78, 5) is 42.2. The lowest BCUT2D eigenvalue weighted by molar-refractivity contribution is -0.384. The fourth-order valence-corrected chi connectivity index (χ4v) is 3.65. The Bertz CT molecular complexity index is 1300. The maximum atomic E-state index is 12.6. The molecule has 0 spiro atoms. The molecule has 33 heavy (non-hydrogen) atoms. The molecule has 3 N–H and O–H groups in total. The van der Waals surface area contributed by atoms with Crippen molar-refractivity contribution in [2.45, 2.75) is 18.7 Å². The summed E-state index contributed by atoms with van der Waals surface area (Å²) < 4.78 is 27.4. The number of nitrogens with zero attached hydrogens (tertiary/aromatic N) is 3. The fourth-order valence-electron chi connectivity index (χ4n) is 2.71. The molecular formula is C20H18N6O6S. The van der Waals surface area contributed by atoms with Gasteiger partial charge in [-0.2, -0.15) is 0 Å². The largest absolute Gasteiger partial charge is 0.318 e. The molecule has 1 aromatic heterocycles. The van der Waals surface area contributed by atoms with E-state index < -0.39 is 26.8 Å². The number of carbonyl (C=O) groups is 2. The standard InChI is InChI=1S/C20H18N6O6S/c1-12-11-13(2)22-20(21-12)25-33(31,32)17-9-5-15(6-10-17)24-19(28)18(27)23-14-3-7-16(8-4-14)26(29)30/h3-11H,1-2H3,(H,23,27)(H,24,28)(H,21,22,25). The van der Waals surface area contributed by atoms with E-state index >= 15 is 0 Å². The molecular weight excluding hydrogens is 452 g/mol. The third-order valence-electron chi connectivity index (χ3n) is 4.17. The van der Waals surface area contributed by atoms with Gasteiger partial charge in [-0.05, 0) is 56.3 Å². The van der Waals surface area contributed by atoms with Crippen LogP contribution in [0.3, 0.4) is 0 Å². The Hall–Kier alpha value is -4.39. The number of amides is 2. The third kappa shape index (κ3) is 6.07. The Morgan fingerprint density at radius 1 is 0.848 bits per heavy atom. The number of hydrogen-bond donors (Lipinski definition) is 3. The molecule has 3 aromatic rings. The normalized spacial score (nSPS) is 10.8. The first-order valence-electron chi connectivity index (χ1n) is 9.35. The molecule has 0 aliphatic rings. The first-order valence-corrected chi connectivity index (χ1v) is 10.8. The van der Waals surface area contributed by atoms with Crippen LogP contribution in [0.5, 0.6) is 0 Å². The number of aromatic nitrogens is 2. The number of non-ortho nitro benzene ring substituents is 1. The van der Waals surface area contributed by atoms with Crippen molar-refractivity contribution in [3.05, 3.63) is 76.1 Å². The van der Waals surface area contributed by atoms with E-state index in [9.17, 15) is 28.1 Å². The zero-order chi connectivity index (χ0) is 24.2. The zero-order valence-corrected chi connectivity index (χ0v) is 18.2. The van der Waals surface area contributed by atoms with Crippen molar-refractivity contribution in [1.29, 1.82) is 0 Å². The minimum absolute atomic E-state index is 0.0622. The van der Waals surface area contributed by atoms with Crippen molar-refractivity contribution in [2.24, 2.45) is 0 Å². The lowest BCUT2D eigenvalue weighted by Crippen LogP contribution is -2.29. The van der Waals surface area contributed by atoms with Crippen LogP contribution in [0.25, 0.3) is 0 Å². The summed E-state index contributed by atoms with van der Waals surface area (Å²) in [5.74, 6) is -2.08. The molecule has 12 nitrogen and oxygen atoms in total. The summed E-state index contributed by atoms with van der Waals surface area (Å²) in [6.07, 6.45) is 0. The molecule has 13 heteroatoms. The average Bonchev–Trinajstić information content (AvgIpc) is 2.73. The predicted molar refractivity (Wildman–Crippen MR) is 119 cm³/mol. The van der Waals surface area contributed by atoms with Gasteiger partial charge >= 0.3 is 11.8 Å². The lowest BCUT2D eigenvalue weighted by atomic mass is 10.3. The molecule has 0 radical (unpaired) electrons. The highest BCUT2D eigenvalue weighted by Crippen LogP contribution is 2.18. The van der Waals surface area contributed by atoms with Crippen molar-refractivity contribution in [3.63, 3.8) is 0 Å². The quantitative estimate of drug-likeness (QED) is 0.280. The third-order valence-corrected chi connectivity index (χ3v) is 5.52. The average molecular weight is 470 g/mol. The lowest BCUT2D eigenvalue weighted by Gasteiger charge is -2.09. The minimum Gasteiger partial charge on any atom is -0.318 e. The summed E-state index contributed by atoms with van der Waals surface area (Å²) in [5, 5.41) is 15.3. The van der Waals surface area contributed by atoms with Crippen molar-refractivity contribution >= 4 is 44.8 Å². The number of sulfonamides is 1. The second-order valence-corrected chi connectivity index (χ2v) is 8.50. The molecule has 0 aliphatic heterocycles. The number of nitro groups is 1. The van der Waals surface area contributed by atoms with Crippen LogP contribution in [0.15, 0.2) is 59.5 Å². The van der Waals surface area contributed by atoms with Gasteiger partial charge in [-0.3, -0.25) is 19.7 Å². The highest BCUT2D eigenvalue weighted by atomic mass is 32.2. The van der Waals surface area contributed by atoms with E-state index in [1.165, 1.54) is 48.5 Å². The van der Waals surface area contributed by atoms with Crippen LogP contribution in [0.4, 0.5) is 23.0 Å². The van der Waals surface area contributed by atoms with Crippen LogP contribution in [0, 0.1) is 24.0 Å². The van der Waals surface area contributed by atoms with Crippen LogP contribution in [-0.2, 0) is 19.6 Å². The number of nitrogens with one attached hydrogen (secondary N) is 3. The molecule has 0 saturated heterocycles. The van der Waals surface area contributed by atoms with Gasteiger partial charge in [0.05, 0.1) is 9.82 Å². The summed E-state index contributed by atoms with van der Waals surface area (Å²) in [6, 6.07) is 11.8. The van der Waals surface area contributed by atoms with Crippen molar-refractivity contribution in [1.82, 2.24) is 9.97 Å². The van der Waals surface area contributed by atoms with Crippen LogP contribution in [0.2, 0.25) is 0 Å². The first kappa shape index (κ1) is 23.3. The molecule has 0 unspecified atom stereocenters. The van der Waals surface area contributed by atoms with Gasteiger partial charge in [0.1, 0.15) is 0 Å². The molecule has 0 atom stereocenters. The summed E-state index contributed by atoms with van der Waals surface area (Å²) in [5.41, 5.74) is 1.42. The molecule has 3 rings (SSSR count). The molecule has 170 valence electrons. The Kier molecular flexibility index (Phi) is 6.63. The number of anilines is 3. The summed E-state index contributed by atoms with van der Waals surface area (Å²) >= 11 is 0. The van der Waals surface area contributed by atoms with E-state index in [2.05, 4.69) is 25.3 Å². The number of hydrogen-bond acceptors (Lipinski definition) is 8. The first-order chi connectivity index (χ1) is 15.5. The van der Waals surface area contributed by atoms with Gasteiger partial charge in [-0.1, -0.05) is 0 Å². The SMILES string of the molecule is Cc1cc(C)nc(NS(=O)(=O)c2ccc(NC(=O)C(=O)Nc3ccc([N+](=O)[O-])cc3)cc2)n1. The zero-order valence-electron chi connectivity index (χ0n) is 17.4. The van der Waals surface area contributed by atoms with E-state index in [1.54, 1.807) is 19.9 Å². The second-order valence-electron chi connectivity index (χ2n) is 6.82. The van der Waals surface area contributed by atoms with Crippen LogP contribution >= 0.6 is 0 Å². The van der Waals surface area contributed by atoms with E-state index in [-0.39, 0.29) is 27.9 Å². The van der Waals surface area contributed by atoms with E-state index in [4.69, 9.17) is 0 Å². The van der Waals surface area contributed by atoms with E-state index in [0.717, 1.165) is 0 Å². The molecule has 0 saturated carbocycles. The number of aryl methyl sites for hydroxylation is 2. The number of rotatable bonds is 6. The Morgan fingerprint density at radius 2 is 1.30 bits per heavy atom. The highest BCUT2D eigenvalue weighted by Gasteiger charge is 2.18. The van der Waals surface area contributed by atoms with Gasteiger partial charge in [0.25, 0.3) is 15.7 Å². The van der Waals surface area contributed by atoms with Crippen molar-refractivity contribution in [2.75, 3.05) is 15.4 Å². The van der Waals surface area contributed by atoms with Crippen LogP contribution in [0.1, 0.15) is 11.4 Å². The maximum absolute atomic E-state index is 12.6. The Morgan fingerprint density at radius 3 is 1.76 bits per heavy atom. The van der Waals surface area contributed by atoms with E-state index in [1.807, 2.05) is 0 Å². The number of benzene rings is 2. The second kappa shape index (κ2) is 9.40. The molecule has 0 bridgehead atoms. The summed E-state index contributed by atoms with van der Waals surface area (Å²) in [6.45, 7) is 3.42. The highest BCUT2D eigenvalue weighted by molar-refractivity contribution is 7.92. The fraction of sp³-hybridized carbons (Fsp3) is 0.100. The van der Waals surface area contributed by atoms with Gasteiger partial charge in [-0.15, -0.1) is 0 Å². The smallest absolute Gasteiger partial charge is 0.314 e. The van der Waals surface area contributed by atoms with Crippen molar-refractivity contribution < 1.29 is 22.9 Å². The Labute approximate surface area is 188 Å². The topological polar surface area (TPSA) is 173 Å². The van der Waals surface area contributed by atoms with E-state index in [0.29, 0.717) is 11.4 Å². The minimum atomic E-state index is -3.97. The molecule has 1 heterocycles. The monoisotopic (exact) mass is 470 g/mol. The Balaban J connectivity index is 1.63. The van der Waals surface area contributed by atoms with Gasteiger partial charge in [0.15, 0.2) is 0 Å². The number of nitro benzene ring substituents is 1. The van der Waals surface area contributed by atoms with Crippen LogP contribution < -0.4 is 15.4 Å². The molecule has 0 aliphatic carbocycles. The van der Waals surface area contributed by atoms with Crippen molar-refractivity contribution in [3.8, 4) is 0 Å². The number of carbonyl (C=O) groups excluding carboxylic acids is 2. The van der Waals surface area contributed by atoms with Gasteiger partial charge in [0, 0.05) is 34.9 Å². The predicted octanol–water partition coefficient (Wildman–Crippen LogP) is 2.38.